The van der Waals surface area contributed by atoms with Crippen LogP contribution in [0.2, 0.25) is 0 Å². The van der Waals surface area contributed by atoms with E-state index in [-0.39, 0.29) is 26.9 Å². The predicted octanol–water partition coefficient (Wildman–Crippen LogP) is 0.456. The first-order chi connectivity index (χ1) is 6.38. The van der Waals surface area contributed by atoms with Crippen LogP contribution in [0.4, 0.5) is 0 Å². The molecule has 0 spiro atoms. The number of benzene rings is 2. The fourth-order valence-electron chi connectivity index (χ4n) is 1.51. The van der Waals surface area contributed by atoms with Crippen molar-refractivity contribution in [2.45, 2.75) is 6.92 Å². The summed E-state index contributed by atoms with van der Waals surface area (Å²) < 4.78 is 0. The van der Waals surface area contributed by atoms with E-state index in [1.54, 1.807) is 0 Å². The molecule has 0 bridgehead atoms. The van der Waals surface area contributed by atoms with Gasteiger partial charge >= 0.3 is 0 Å². The quantitative estimate of drug-likeness (QED) is 0.667. The zero-order valence-corrected chi connectivity index (χ0v) is 12.7. The lowest BCUT2D eigenvalue weighted by atomic mass is 10.0. The van der Waals surface area contributed by atoms with Crippen molar-refractivity contribution in [3.05, 3.63) is 60.2 Å². The lowest BCUT2D eigenvalue weighted by Crippen LogP contribution is -3.00. The maximum absolute atomic E-state index is 2.16. The normalized spacial score (nSPS) is 8.60. The summed E-state index contributed by atoms with van der Waals surface area (Å²) in [7, 11) is 0. The van der Waals surface area contributed by atoms with Gasteiger partial charge < -0.3 is 17.0 Å². The molecule has 0 heterocycles. The number of rotatable bonds is 1. The molecular formula is C13H16BrP. The molecule has 0 aliphatic carbocycles. The maximum Gasteiger partial charge on any atom is -0.0155 e. The van der Waals surface area contributed by atoms with E-state index in [0.717, 1.165) is 0 Å². The van der Waals surface area contributed by atoms with Gasteiger partial charge in [0.05, 0.1) is 0 Å². The van der Waals surface area contributed by atoms with Crippen LogP contribution in [0.15, 0.2) is 54.6 Å². The average molecular weight is 283 g/mol. The molecule has 0 radical (unpaired) electrons. The second kappa shape index (κ2) is 6.76. The van der Waals surface area contributed by atoms with E-state index in [1.165, 1.54) is 16.7 Å². The Morgan fingerprint density at radius 2 is 1.27 bits per heavy atom. The molecule has 0 amide bonds. The first-order valence-electron chi connectivity index (χ1n) is 4.49. The molecule has 15 heavy (non-hydrogen) atoms. The highest BCUT2D eigenvalue weighted by Gasteiger charge is 1.97. The maximum atomic E-state index is 2.16. The van der Waals surface area contributed by atoms with Crippen LogP contribution in [-0.2, 0) is 0 Å². The first kappa shape index (κ1) is 14.3. The number of hydrogen-bond acceptors (Lipinski definition) is 0. The monoisotopic (exact) mass is 282 g/mol. The Balaban J connectivity index is 0.000000980. The van der Waals surface area contributed by atoms with Crippen molar-refractivity contribution in [2.75, 3.05) is 0 Å². The number of aryl methyl sites for hydroxylation is 1. The van der Waals surface area contributed by atoms with E-state index in [1.807, 2.05) is 6.07 Å². The van der Waals surface area contributed by atoms with Gasteiger partial charge in [0.1, 0.15) is 0 Å². The van der Waals surface area contributed by atoms with E-state index in [9.17, 15) is 0 Å². The Labute approximate surface area is 105 Å². The molecule has 2 rings (SSSR count). The van der Waals surface area contributed by atoms with Crippen LogP contribution in [0.25, 0.3) is 11.1 Å². The minimum absolute atomic E-state index is 0. The van der Waals surface area contributed by atoms with Crippen molar-refractivity contribution in [3.8, 4) is 11.1 Å². The molecule has 0 nitrogen and oxygen atoms in total. The van der Waals surface area contributed by atoms with Crippen LogP contribution in [-0.4, -0.2) is 0 Å². The molecule has 0 aliphatic rings. The van der Waals surface area contributed by atoms with Crippen molar-refractivity contribution >= 4 is 9.90 Å². The molecule has 0 aromatic heterocycles. The van der Waals surface area contributed by atoms with Crippen molar-refractivity contribution in [1.82, 2.24) is 0 Å². The summed E-state index contributed by atoms with van der Waals surface area (Å²) in [5.74, 6) is 0. The lowest BCUT2D eigenvalue weighted by molar-refractivity contribution is -0.00000275. The summed E-state index contributed by atoms with van der Waals surface area (Å²) in [5, 5.41) is 0. The molecule has 0 fully saturated rings. The Bertz CT molecular complexity index is 398. The van der Waals surface area contributed by atoms with Gasteiger partial charge in [-0.15, -0.1) is 0 Å². The summed E-state index contributed by atoms with van der Waals surface area (Å²) in [5.41, 5.74) is 3.94. The summed E-state index contributed by atoms with van der Waals surface area (Å²) in [6.07, 6.45) is 0. The second-order valence-corrected chi connectivity index (χ2v) is 3.18. The molecule has 2 aromatic rings. The molecule has 0 aliphatic heterocycles. The van der Waals surface area contributed by atoms with Gasteiger partial charge in [-0.2, -0.15) is 0 Å². The highest BCUT2D eigenvalue weighted by molar-refractivity contribution is 6.92. The van der Waals surface area contributed by atoms with E-state index in [4.69, 9.17) is 0 Å². The van der Waals surface area contributed by atoms with Gasteiger partial charge in [0, 0.05) is 0 Å². The minimum atomic E-state index is 0. The van der Waals surface area contributed by atoms with E-state index in [2.05, 4.69) is 55.5 Å². The first-order valence-corrected chi connectivity index (χ1v) is 4.49. The molecular weight excluding hydrogens is 267 g/mol. The largest absolute Gasteiger partial charge is 1.00 e. The minimum Gasteiger partial charge on any atom is -1.00 e. The molecule has 1 atom stereocenters. The Kier molecular flexibility index (Phi) is 6.47. The summed E-state index contributed by atoms with van der Waals surface area (Å²) >= 11 is 0. The van der Waals surface area contributed by atoms with Gasteiger partial charge in [0.25, 0.3) is 0 Å². The molecule has 2 heteroatoms. The smallest absolute Gasteiger partial charge is 0.0155 e. The van der Waals surface area contributed by atoms with Gasteiger partial charge in [-0.1, -0.05) is 54.6 Å². The highest BCUT2D eigenvalue weighted by Crippen LogP contribution is 2.21. The van der Waals surface area contributed by atoms with Crippen molar-refractivity contribution < 1.29 is 17.0 Å². The molecule has 80 valence electrons. The van der Waals surface area contributed by atoms with E-state index < -0.39 is 0 Å². The third kappa shape index (κ3) is 3.44. The zero-order valence-electron chi connectivity index (χ0n) is 9.07. The van der Waals surface area contributed by atoms with Crippen LogP contribution in [0.5, 0.6) is 0 Å². The van der Waals surface area contributed by atoms with Crippen molar-refractivity contribution in [1.29, 1.82) is 0 Å². The predicted molar refractivity (Wildman–Crippen MR) is 69.1 cm³/mol. The third-order valence-corrected chi connectivity index (χ3v) is 2.23. The van der Waals surface area contributed by atoms with Crippen LogP contribution in [0.1, 0.15) is 5.56 Å². The molecule has 0 saturated carbocycles. The average Bonchev–Trinajstić information content (AvgIpc) is 2.20. The molecule has 0 N–H and O–H groups in total. The summed E-state index contributed by atoms with van der Waals surface area (Å²) in [6.45, 7) is 2.14. The Morgan fingerprint density at radius 3 is 1.87 bits per heavy atom. The SMILES string of the molecule is Cc1ccccc1-c1ccccc1.[Br-].[PH4+]. The number of halogens is 1. The molecule has 0 saturated heterocycles. The lowest BCUT2D eigenvalue weighted by Gasteiger charge is -2.04. The summed E-state index contributed by atoms with van der Waals surface area (Å²) in [6, 6.07) is 18.9. The van der Waals surface area contributed by atoms with Crippen LogP contribution < -0.4 is 17.0 Å². The summed E-state index contributed by atoms with van der Waals surface area (Å²) in [4.78, 5) is 0. The van der Waals surface area contributed by atoms with Crippen molar-refractivity contribution in [2.24, 2.45) is 0 Å². The second-order valence-electron chi connectivity index (χ2n) is 3.18. The zero-order chi connectivity index (χ0) is 9.10. The van der Waals surface area contributed by atoms with E-state index in [0.29, 0.717) is 0 Å². The van der Waals surface area contributed by atoms with E-state index >= 15 is 0 Å². The van der Waals surface area contributed by atoms with Crippen LogP contribution in [0.3, 0.4) is 0 Å². The van der Waals surface area contributed by atoms with Gasteiger partial charge in [-0.05, 0) is 33.5 Å². The Morgan fingerprint density at radius 1 is 0.733 bits per heavy atom. The molecule has 1 unspecified atom stereocenters. The fraction of sp³-hybridized carbons (Fsp3) is 0.0769. The van der Waals surface area contributed by atoms with Crippen molar-refractivity contribution in [3.63, 3.8) is 0 Å². The van der Waals surface area contributed by atoms with Gasteiger partial charge in [-0.3, -0.25) is 0 Å². The topological polar surface area (TPSA) is 0 Å². The highest BCUT2D eigenvalue weighted by atomic mass is 79.9. The van der Waals surface area contributed by atoms with Crippen LogP contribution in [0, 0.1) is 6.92 Å². The van der Waals surface area contributed by atoms with Gasteiger partial charge in [0.15, 0.2) is 0 Å². The fourth-order valence-corrected chi connectivity index (χ4v) is 1.51. The standard InChI is InChI=1S/C13H12.BrH.H3P/c1-11-7-5-6-10-13(11)12-8-3-2-4-9-12;;/h2-10H,1H3;1H;1H3. The van der Waals surface area contributed by atoms with Crippen LogP contribution >= 0.6 is 9.90 Å². The number of hydrogen-bond donors (Lipinski definition) is 0. The Hall–Kier alpha value is -0.650. The van der Waals surface area contributed by atoms with Gasteiger partial charge in [0.2, 0.25) is 0 Å². The third-order valence-electron chi connectivity index (χ3n) is 2.23. The van der Waals surface area contributed by atoms with Gasteiger partial charge in [-0.25, -0.2) is 0 Å². The molecule has 2 aromatic carbocycles.